The Morgan fingerprint density at radius 1 is 1.12 bits per heavy atom. The molecule has 0 aliphatic carbocycles. The second-order valence-corrected chi connectivity index (χ2v) is 7.15. The van der Waals surface area contributed by atoms with E-state index in [1.807, 2.05) is 0 Å². The zero-order valence-corrected chi connectivity index (χ0v) is 18.5. The second kappa shape index (κ2) is 14.2. The molecule has 26 heavy (non-hydrogen) atoms. The molecule has 0 spiro atoms. The summed E-state index contributed by atoms with van der Waals surface area (Å²) in [7, 11) is 3.79. The van der Waals surface area contributed by atoms with Crippen LogP contribution in [0.3, 0.4) is 0 Å². The number of nitrogens with two attached hydrogens (primary N) is 1. The summed E-state index contributed by atoms with van der Waals surface area (Å²) in [5.74, 6) is 0.0533. The van der Waals surface area contributed by atoms with Crippen molar-refractivity contribution in [2.75, 3.05) is 53.4 Å². The van der Waals surface area contributed by atoms with Gasteiger partial charge in [0.05, 0.1) is 12.5 Å². The van der Waals surface area contributed by atoms with Crippen LogP contribution in [0.25, 0.3) is 0 Å². The number of hydrogen-bond donors (Lipinski definition) is 2. The van der Waals surface area contributed by atoms with Crippen LogP contribution in [0.1, 0.15) is 38.5 Å². The molecule has 2 aliphatic rings. The number of methoxy groups -OCH3 is 1. The van der Waals surface area contributed by atoms with Gasteiger partial charge in [-0.3, -0.25) is 9.69 Å². The highest BCUT2D eigenvalue weighted by Crippen LogP contribution is 2.30. The molecule has 0 aromatic heterocycles. The molecule has 0 bridgehead atoms. The van der Waals surface area contributed by atoms with Gasteiger partial charge in [-0.1, -0.05) is 6.42 Å². The van der Waals surface area contributed by atoms with Crippen LogP contribution in [-0.4, -0.2) is 80.8 Å². The van der Waals surface area contributed by atoms with E-state index in [1.54, 1.807) is 7.11 Å². The van der Waals surface area contributed by atoms with E-state index in [0.29, 0.717) is 13.0 Å². The van der Waals surface area contributed by atoms with Gasteiger partial charge in [-0.05, 0) is 58.9 Å². The number of likely N-dealkylation sites (tertiary alicyclic amines) is 2. The lowest BCUT2D eigenvalue weighted by Gasteiger charge is -2.50. The first-order valence-corrected chi connectivity index (χ1v) is 9.03. The van der Waals surface area contributed by atoms with Gasteiger partial charge in [-0.15, -0.1) is 37.2 Å². The van der Waals surface area contributed by atoms with Crippen LogP contribution in [0.15, 0.2) is 0 Å². The molecule has 0 aromatic carbocycles. The van der Waals surface area contributed by atoms with Crippen LogP contribution < -0.4 is 11.1 Å². The molecule has 158 valence electrons. The van der Waals surface area contributed by atoms with Gasteiger partial charge < -0.3 is 20.7 Å². The average molecular weight is 436 g/mol. The van der Waals surface area contributed by atoms with E-state index >= 15 is 0 Å². The Bertz CT molecular complexity index is 373. The molecule has 2 heterocycles. The predicted molar refractivity (Wildman–Crippen MR) is 114 cm³/mol. The number of carbonyl (C=O) groups excluding carboxylic acids is 1. The van der Waals surface area contributed by atoms with E-state index in [2.05, 4.69) is 22.2 Å². The number of piperidine rings is 2. The zero-order chi connectivity index (χ0) is 16.7. The van der Waals surface area contributed by atoms with E-state index in [0.717, 1.165) is 32.5 Å². The van der Waals surface area contributed by atoms with Crippen LogP contribution in [0.2, 0.25) is 0 Å². The third kappa shape index (κ3) is 8.05. The minimum atomic E-state index is -0.182. The molecule has 9 heteroatoms. The molecule has 2 rings (SSSR count). The van der Waals surface area contributed by atoms with Gasteiger partial charge in [0.1, 0.15) is 0 Å². The fourth-order valence-electron chi connectivity index (χ4n) is 3.81. The maximum atomic E-state index is 12.2. The molecule has 1 unspecified atom stereocenters. The van der Waals surface area contributed by atoms with Crippen molar-refractivity contribution in [2.24, 2.45) is 5.73 Å². The Labute approximate surface area is 177 Å². The number of carbonyl (C=O) groups is 1. The summed E-state index contributed by atoms with van der Waals surface area (Å²) >= 11 is 0. The molecule has 2 fully saturated rings. The van der Waals surface area contributed by atoms with Gasteiger partial charge in [-0.2, -0.15) is 0 Å². The Kier molecular flexibility index (Phi) is 15.5. The van der Waals surface area contributed by atoms with E-state index in [1.165, 1.54) is 32.4 Å². The minimum Gasteiger partial charge on any atom is -0.380 e. The number of ether oxygens (including phenoxy) is 1. The van der Waals surface area contributed by atoms with Crippen LogP contribution in [0.4, 0.5) is 0 Å². The van der Waals surface area contributed by atoms with Gasteiger partial charge in [0.15, 0.2) is 0 Å². The monoisotopic (exact) mass is 434 g/mol. The quantitative estimate of drug-likeness (QED) is 0.636. The first-order valence-electron chi connectivity index (χ1n) is 9.03. The number of amides is 1. The first-order chi connectivity index (χ1) is 11.1. The zero-order valence-electron chi connectivity index (χ0n) is 16.1. The molecule has 3 N–H and O–H groups in total. The third-order valence-corrected chi connectivity index (χ3v) is 5.57. The lowest BCUT2D eigenvalue weighted by atomic mass is 9.84. The SMILES string of the molecule is COC(CN)CC(=O)NCC1(N2CCCCC2)CCN(C)CC1.Cl.Cl.Cl. The maximum Gasteiger partial charge on any atom is 0.222 e. The topological polar surface area (TPSA) is 70.8 Å². The van der Waals surface area contributed by atoms with E-state index < -0.39 is 0 Å². The minimum absolute atomic E-state index is 0. The van der Waals surface area contributed by atoms with E-state index in [-0.39, 0.29) is 54.8 Å². The molecule has 0 saturated carbocycles. The Morgan fingerprint density at radius 2 is 1.69 bits per heavy atom. The average Bonchev–Trinajstić information content (AvgIpc) is 2.60. The highest BCUT2D eigenvalue weighted by atomic mass is 35.5. The number of nitrogens with zero attached hydrogens (tertiary/aromatic N) is 2. The molecule has 6 nitrogen and oxygen atoms in total. The number of nitrogens with one attached hydrogen (secondary N) is 1. The second-order valence-electron chi connectivity index (χ2n) is 7.15. The lowest BCUT2D eigenvalue weighted by Crippen LogP contribution is -2.61. The van der Waals surface area contributed by atoms with Crippen LogP contribution in [-0.2, 0) is 9.53 Å². The van der Waals surface area contributed by atoms with Gasteiger partial charge in [-0.25, -0.2) is 0 Å². The Hall–Kier alpha value is 0.180. The van der Waals surface area contributed by atoms with Crippen LogP contribution in [0.5, 0.6) is 0 Å². The van der Waals surface area contributed by atoms with E-state index in [9.17, 15) is 4.79 Å². The lowest BCUT2D eigenvalue weighted by molar-refractivity contribution is -0.124. The molecule has 1 amide bonds. The molecule has 2 aliphatic heterocycles. The summed E-state index contributed by atoms with van der Waals surface area (Å²) in [6.07, 6.45) is 6.34. The summed E-state index contributed by atoms with van der Waals surface area (Å²) in [6.45, 7) is 5.69. The normalized spacial score (nSPS) is 21.5. The Balaban J connectivity index is 0. The summed E-state index contributed by atoms with van der Waals surface area (Å²) in [5, 5.41) is 3.17. The molecular weight excluding hydrogens is 399 g/mol. The van der Waals surface area contributed by atoms with Crippen LogP contribution in [0, 0.1) is 0 Å². The van der Waals surface area contributed by atoms with E-state index in [4.69, 9.17) is 10.5 Å². The third-order valence-electron chi connectivity index (χ3n) is 5.57. The van der Waals surface area contributed by atoms with Crippen molar-refractivity contribution >= 4 is 43.1 Å². The van der Waals surface area contributed by atoms with Gasteiger partial charge in [0.25, 0.3) is 0 Å². The molecule has 2 saturated heterocycles. The summed E-state index contributed by atoms with van der Waals surface area (Å²) in [6, 6.07) is 0. The standard InChI is InChI=1S/C17H34N4O2.3ClH/c1-20-10-6-17(7-11-20,21-8-4-3-5-9-21)14-19-16(22)12-15(13-18)23-2;;;/h15H,3-14,18H2,1-2H3,(H,19,22);3*1H. The molecule has 1 atom stereocenters. The van der Waals surface area contributed by atoms with Crippen molar-refractivity contribution in [3.63, 3.8) is 0 Å². The highest BCUT2D eigenvalue weighted by Gasteiger charge is 2.39. The van der Waals surface area contributed by atoms with Crippen molar-refractivity contribution in [3.8, 4) is 0 Å². The largest absolute Gasteiger partial charge is 0.380 e. The van der Waals surface area contributed by atoms with Crippen LogP contribution >= 0.6 is 37.2 Å². The smallest absolute Gasteiger partial charge is 0.222 e. The number of rotatable bonds is 7. The fourth-order valence-corrected chi connectivity index (χ4v) is 3.81. The summed E-state index contributed by atoms with van der Waals surface area (Å²) in [5.41, 5.74) is 5.74. The van der Waals surface area contributed by atoms with Crippen molar-refractivity contribution in [1.82, 2.24) is 15.1 Å². The number of hydrogen-bond acceptors (Lipinski definition) is 5. The fraction of sp³-hybridized carbons (Fsp3) is 0.941. The van der Waals surface area contributed by atoms with Crippen molar-refractivity contribution in [1.29, 1.82) is 0 Å². The van der Waals surface area contributed by atoms with Gasteiger partial charge in [0.2, 0.25) is 5.91 Å². The maximum absolute atomic E-state index is 12.2. The predicted octanol–water partition coefficient (Wildman–Crippen LogP) is 1.68. The number of halogens is 3. The van der Waals surface area contributed by atoms with Gasteiger partial charge in [0, 0.05) is 25.7 Å². The first kappa shape index (κ1) is 28.4. The van der Waals surface area contributed by atoms with Crippen molar-refractivity contribution in [2.45, 2.75) is 50.2 Å². The molecule has 0 radical (unpaired) electrons. The van der Waals surface area contributed by atoms with Gasteiger partial charge >= 0.3 is 0 Å². The summed E-state index contributed by atoms with van der Waals surface area (Å²) in [4.78, 5) is 17.3. The summed E-state index contributed by atoms with van der Waals surface area (Å²) < 4.78 is 5.21. The highest BCUT2D eigenvalue weighted by molar-refractivity contribution is 5.86. The molecular formula is C17H37Cl3N4O2. The van der Waals surface area contributed by atoms with Crippen molar-refractivity contribution < 1.29 is 9.53 Å². The van der Waals surface area contributed by atoms with Crippen molar-refractivity contribution in [3.05, 3.63) is 0 Å². The Morgan fingerprint density at radius 3 is 2.19 bits per heavy atom. The molecule has 0 aromatic rings.